The van der Waals surface area contributed by atoms with Crippen molar-refractivity contribution in [2.24, 2.45) is 0 Å². The van der Waals surface area contributed by atoms with Crippen LogP contribution in [0.3, 0.4) is 0 Å². The fraction of sp³-hybridized carbons (Fsp3) is 0.160. The van der Waals surface area contributed by atoms with E-state index in [-0.39, 0.29) is 5.91 Å². The second-order valence-electron chi connectivity index (χ2n) is 7.29. The van der Waals surface area contributed by atoms with E-state index in [1.54, 1.807) is 35.0 Å². The first-order valence-electron chi connectivity index (χ1n) is 10.2. The summed E-state index contributed by atoms with van der Waals surface area (Å²) in [4.78, 5) is 14.1. The predicted molar refractivity (Wildman–Crippen MR) is 120 cm³/mol. The van der Waals surface area contributed by atoms with Gasteiger partial charge < -0.3 is 9.42 Å². The van der Waals surface area contributed by atoms with Crippen LogP contribution in [0.1, 0.15) is 17.7 Å². The molecule has 0 radical (unpaired) electrons. The van der Waals surface area contributed by atoms with E-state index >= 15 is 0 Å². The molecule has 2 aromatic heterocycles. The lowest BCUT2D eigenvalue weighted by atomic mass is 10.1. The van der Waals surface area contributed by atoms with E-state index in [9.17, 15) is 4.79 Å². The van der Waals surface area contributed by atoms with E-state index in [0.29, 0.717) is 6.54 Å². The first-order chi connectivity index (χ1) is 15.2. The predicted octanol–water partition coefficient (Wildman–Crippen LogP) is 4.63. The minimum absolute atomic E-state index is 0.0463. The van der Waals surface area contributed by atoms with Gasteiger partial charge in [0.15, 0.2) is 0 Å². The number of aryl methyl sites for hydroxylation is 1. The number of benzene rings is 2. The number of carbonyl (C=O) groups is 1. The standard InChI is InChI=1S/C25H24N4O2/c1-28(16-8-13-23-17-24(27-31-23)21-9-4-2-5-10-21)25(30)15-14-20-18-26-29(19-20)22-11-6-3-7-12-22/h2-7,9-12,14-15,17-19H,8,13,16H2,1H3/b15-14+. The minimum Gasteiger partial charge on any atom is -0.361 e. The van der Waals surface area contributed by atoms with E-state index in [4.69, 9.17) is 4.52 Å². The molecule has 0 aliphatic carbocycles. The van der Waals surface area contributed by atoms with Gasteiger partial charge in [-0.25, -0.2) is 4.68 Å². The number of carbonyl (C=O) groups excluding carboxylic acids is 1. The summed E-state index contributed by atoms with van der Waals surface area (Å²) in [5, 5.41) is 8.47. The lowest BCUT2D eigenvalue weighted by Gasteiger charge is -2.14. The molecule has 0 spiro atoms. The Morgan fingerprint density at radius 1 is 1.10 bits per heavy atom. The number of rotatable bonds is 8. The summed E-state index contributed by atoms with van der Waals surface area (Å²) in [7, 11) is 1.80. The first kappa shape index (κ1) is 20.3. The summed E-state index contributed by atoms with van der Waals surface area (Å²) in [6.07, 6.45) is 8.52. The molecular weight excluding hydrogens is 388 g/mol. The average Bonchev–Trinajstić information content (AvgIpc) is 3.48. The smallest absolute Gasteiger partial charge is 0.246 e. The van der Waals surface area contributed by atoms with Crippen LogP contribution in [0.15, 0.2) is 89.7 Å². The largest absolute Gasteiger partial charge is 0.361 e. The summed E-state index contributed by atoms with van der Waals surface area (Å²) in [6, 6.07) is 21.8. The second-order valence-corrected chi connectivity index (χ2v) is 7.29. The summed E-state index contributed by atoms with van der Waals surface area (Å²) >= 11 is 0. The molecule has 0 aliphatic rings. The van der Waals surface area contributed by atoms with Crippen LogP contribution >= 0.6 is 0 Å². The van der Waals surface area contributed by atoms with Gasteiger partial charge in [-0.1, -0.05) is 53.7 Å². The summed E-state index contributed by atoms with van der Waals surface area (Å²) in [5.41, 5.74) is 3.72. The van der Waals surface area contributed by atoms with E-state index < -0.39 is 0 Å². The zero-order valence-corrected chi connectivity index (χ0v) is 17.4. The molecule has 31 heavy (non-hydrogen) atoms. The average molecular weight is 412 g/mol. The highest BCUT2D eigenvalue weighted by molar-refractivity contribution is 5.91. The molecule has 0 atom stereocenters. The molecule has 2 aromatic carbocycles. The molecule has 156 valence electrons. The fourth-order valence-electron chi connectivity index (χ4n) is 3.22. The Labute approximate surface area is 181 Å². The zero-order valence-electron chi connectivity index (χ0n) is 17.4. The first-order valence-corrected chi connectivity index (χ1v) is 10.2. The maximum Gasteiger partial charge on any atom is 0.246 e. The highest BCUT2D eigenvalue weighted by Crippen LogP contribution is 2.19. The zero-order chi connectivity index (χ0) is 21.5. The van der Waals surface area contributed by atoms with Gasteiger partial charge >= 0.3 is 0 Å². The van der Waals surface area contributed by atoms with Crippen LogP contribution in [0.4, 0.5) is 0 Å². The van der Waals surface area contributed by atoms with Crippen LogP contribution in [-0.2, 0) is 11.2 Å². The quantitative estimate of drug-likeness (QED) is 0.396. The van der Waals surface area contributed by atoms with Crippen molar-refractivity contribution in [3.63, 3.8) is 0 Å². The summed E-state index contributed by atoms with van der Waals surface area (Å²) in [5.74, 6) is 0.776. The van der Waals surface area contributed by atoms with Crippen molar-refractivity contribution in [3.05, 3.63) is 96.5 Å². The lowest BCUT2D eigenvalue weighted by Crippen LogP contribution is -2.26. The van der Waals surface area contributed by atoms with Gasteiger partial charge in [-0.15, -0.1) is 0 Å². The van der Waals surface area contributed by atoms with Crippen molar-refractivity contribution in [3.8, 4) is 16.9 Å². The molecule has 6 heteroatoms. The van der Waals surface area contributed by atoms with E-state index in [0.717, 1.165) is 41.1 Å². The van der Waals surface area contributed by atoms with Gasteiger partial charge in [0.1, 0.15) is 11.5 Å². The van der Waals surface area contributed by atoms with E-state index in [1.807, 2.05) is 72.9 Å². The van der Waals surface area contributed by atoms with E-state index in [2.05, 4.69) is 10.3 Å². The Balaban J connectivity index is 1.26. The molecule has 0 aliphatic heterocycles. The molecule has 4 aromatic rings. The number of hydrogen-bond acceptors (Lipinski definition) is 4. The van der Waals surface area contributed by atoms with Crippen LogP contribution in [0.5, 0.6) is 0 Å². The number of para-hydroxylation sites is 1. The molecule has 0 N–H and O–H groups in total. The van der Waals surface area contributed by atoms with Gasteiger partial charge in [-0.2, -0.15) is 5.10 Å². The monoisotopic (exact) mass is 412 g/mol. The van der Waals surface area contributed by atoms with Gasteiger partial charge in [-0.05, 0) is 24.6 Å². The van der Waals surface area contributed by atoms with Crippen molar-refractivity contribution < 1.29 is 9.32 Å². The van der Waals surface area contributed by atoms with Crippen molar-refractivity contribution in [1.82, 2.24) is 19.8 Å². The van der Waals surface area contributed by atoms with E-state index in [1.165, 1.54) is 0 Å². The number of nitrogens with zero attached hydrogens (tertiary/aromatic N) is 4. The molecule has 0 unspecified atom stereocenters. The number of hydrogen-bond donors (Lipinski definition) is 0. The highest BCUT2D eigenvalue weighted by Gasteiger charge is 2.09. The van der Waals surface area contributed by atoms with Crippen LogP contribution < -0.4 is 0 Å². The summed E-state index contributed by atoms with van der Waals surface area (Å²) < 4.78 is 7.22. The van der Waals surface area contributed by atoms with Gasteiger partial charge in [-0.3, -0.25) is 4.79 Å². The molecule has 6 nitrogen and oxygen atoms in total. The Bertz CT molecular complexity index is 1150. The molecule has 1 amide bonds. The lowest BCUT2D eigenvalue weighted by molar-refractivity contribution is -0.124. The molecule has 0 saturated heterocycles. The fourth-order valence-corrected chi connectivity index (χ4v) is 3.22. The van der Waals surface area contributed by atoms with Gasteiger partial charge in [0.2, 0.25) is 5.91 Å². The van der Waals surface area contributed by atoms with Crippen molar-refractivity contribution in [2.45, 2.75) is 12.8 Å². The third kappa shape index (κ3) is 5.36. The maximum atomic E-state index is 12.4. The minimum atomic E-state index is -0.0463. The number of likely N-dealkylation sites (N-methyl/N-ethyl adjacent to an activating group) is 1. The van der Waals surface area contributed by atoms with Crippen LogP contribution in [0.25, 0.3) is 23.0 Å². The number of amides is 1. The normalized spacial score (nSPS) is 11.1. The Morgan fingerprint density at radius 2 is 1.84 bits per heavy atom. The van der Waals surface area contributed by atoms with Crippen molar-refractivity contribution >= 4 is 12.0 Å². The highest BCUT2D eigenvalue weighted by atomic mass is 16.5. The molecule has 0 saturated carbocycles. The van der Waals surface area contributed by atoms with Crippen LogP contribution in [0.2, 0.25) is 0 Å². The van der Waals surface area contributed by atoms with Gasteiger partial charge in [0, 0.05) is 49.5 Å². The molecule has 4 rings (SSSR count). The summed E-state index contributed by atoms with van der Waals surface area (Å²) in [6.45, 7) is 0.633. The molecule has 0 fully saturated rings. The van der Waals surface area contributed by atoms with Crippen molar-refractivity contribution in [1.29, 1.82) is 0 Å². The van der Waals surface area contributed by atoms with Crippen LogP contribution in [0, 0.1) is 0 Å². The maximum absolute atomic E-state index is 12.4. The molecule has 2 heterocycles. The third-order valence-corrected chi connectivity index (χ3v) is 4.96. The Morgan fingerprint density at radius 3 is 2.61 bits per heavy atom. The molecule has 0 bridgehead atoms. The van der Waals surface area contributed by atoms with Crippen molar-refractivity contribution in [2.75, 3.05) is 13.6 Å². The number of aromatic nitrogens is 3. The Hall–Kier alpha value is -3.93. The SMILES string of the molecule is CN(CCCc1cc(-c2ccccc2)no1)C(=O)/C=C/c1cnn(-c2ccccc2)c1. The van der Waals surface area contributed by atoms with Crippen LogP contribution in [-0.4, -0.2) is 39.3 Å². The third-order valence-electron chi connectivity index (χ3n) is 4.96. The topological polar surface area (TPSA) is 64.2 Å². The molecular formula is C25H24N4O2. The van der Waals surface area contributed by atoms with Gasteiger partial charge in [0.05, 0.1) is 11.9 Å². The Kier molecular flexibility index (Phi) is 6.38. The second kappa shape index (κ2) is 9.71. The van der Waals surface area contributed by atoms with Gasteiger partial charge in [0.25, 0.3) is 0 Å².